The van der Waals surface area contributed by atoms with Crippen molar-refractivity contribution in [2.45, 2.75) is 78.1 Å². The summed E-state index contributed by atoms with van der Waals surface area (Å²) in [6.45, 7) is 9.54. The van der Waals surface area contributed by atoms with Crippen molar-refractivity contribution in [2.24, 2.45) is 5.92 Å². The Morgan fingerprint density at radius 3 is 2.22 bits per heavy atom. The summed E-state index contributed by atoms with van der Waals surface area (Å²) in [6, 6.07) is 13.2. The fourth-order valence-electron chi connectivity index (χ4n) is 6.81. The molecular formula is C36H39F3N4O2S. The van der Waals surface area contributed by atoms with Crippen molar-refractivity contribution < 1.29 is 18.0 Å². The molecule has 6 rings (SSSR count). The Bertz CT molecular complexity index is 1780. The smallest absolute Gasteiger partial charge is 0.335 e. The molecule has 6 nitrogen and oxygen atoms in total. The lowest BCUT2D eigenvalue weighted by Crippen LogP contribution is -2.53. The molecule has 0 saturated carbocycles. The number of carbonyl (C=O) groups excluding carboxylic acids is 1. The first-order valence-electron chi connectivity index (χ1n) is 16.1. The predicted molar refractivity (Wildman–Crippen MR) is 177 cm³/mol. The molecule has 4 aromatic rings. The minimum Gasteiger partial charge on any atom is -0.335 e. The fourth-order valence-corrected chi connectivity index (χ4v) is 7.65. The summed E-state index contributed by atoms with van der Waals surface area (Å²) in [5.74, 6) is 0.0860. The van der Waals surface area contributed by atoms with E-state index in [0.717, 1.165) is 41.8 Å². The third kappa shape index (κ3) is 6.17. The Morgan fingerprint density at radius 1 is 1.02 bits per heavy atom. The maximum absolute atomic E-state index is 14.7. The predicted octanol–water partition coefficient (Wildman–Crippen LogP) is 7.55. The number of pyridine rings is 1. The lowest BCUT2D eigenvalue weighted by Gasteiger charge is -2.34. The van der Waals surface area contributed by atoms with Gasteiger partial charge in [-0.05, 0) is 67.3 Å². The van der Waals surface area contributed by atoms with E-state index in [0.29, 0.717) is 65.4 Å². The molecule has 2 atom stereocenters. The zero-order chi connectivity index (χ0) is 32.7. The number of hydrogen-bond donors (Lipinski definition) is 1. The van der Waals surface area contributed by atoms with Crippen LogP contribution in [0.1, 0.15) is 73.3 Å². The number of carbonyl (C=O) groups is 1. The Labute approximate surface area is 271 Å². The van der Waals surface area contributed by atoms with Crippen molar-refractivity contribution in [3.63, 3.8) is 0 Å². The van der Waals surface area contributed by atoms with Gasteiger partial charge in [0.05, 0.1) is 28.1 Å². The van der Waals surface area contributed by atoms with Crippen LogP contribution in [0.15, 0.2) is 58.7 Å². The zero-order valence-electron chi connectivity index (χ0n) is 26.6. The van der Waals surface area contributed by atoms with Crippen LogP contribution in [0.4, 0.5) is 13.2 Å². The number of alkyl halides is 3. The van der Waals surface area contributed by atoms with Gasteiger partial charge >= 0.3 is 6.18 Å². The number of nitrogens with zero attached hydrogens (tertiary/aromatic N) is 3. The second-order valence-corrected chi connectivity index (χ2v) is 13.6. The molecule has 2 aliphatic rings. The number of para-hydroxylation sites is 1. The first-order valence-corrected chi connectivity index (χ1v) is 16.9. The number of hydrogen-bond acceptors (Lipinski definition) is 5. The summed E-state index contributed by atoms with van der Waals surface area (Å²) in [5.41, 5.74) is 4.38. The minimum absolute atomic E-state index is 0.0874. The van der Waals surface area contributed by atoms with Gasteiger partial charge in [-0.3, -0.25) is 14.2 Å². The summed E-state index contributed by atoms with van der Waals surface area (Å²) >= 11 is 1.25. The van der Waals surface area contributed by atoms with Gasteiger partial charge in [-0.15, -0.1) is 11.3 Å². The number of rotatable bonds is 8. The van der Waals surface area contributed by atoms with E-state index in [-0.39, 0.29) is 29.5 Å². The molecule has 2 aromatic heterocycles. The molecular weight excluding hydrogens is 609 g/mol. The van der Waals surface area contributed by atoms with Crippen LogP contribution in [0.3, 0.4) is 0 Å². The van der Waals surface area contributed by atoms with Crippen molar-refractivity contribution in [3.05, 3.63) is 92.2 Å². The average Bonchev–Trinajstić information content (AvgIpc) is 3.66. The van der Waals surface area contributed by atoms with Crippen LogP contribution < -0.4 is 10.9 Å². The Morgan fingerprint density at radius 2 is 1.65 bits per heavy atom. The molecule has 1 amide bonds. The Balaban J connectivity index is 1.56. The van der Waals surface area contributed by atoms with Crippen LogP contribution in [0.5, 0.6) is 0 Å². The van der Waals surface area contributed by atoms with Crippen molar-refractivity contribution in [3.8, 4) is 27.5 Å². The highest BCUT2D eigenvalue weighted by atomic mass is 32.1. The van der Waals surface area contributed by atoms with Gasteiger partial charge in [0.25, 0.3) is 11.5 Å². The standard InChI is InChI=1S/C36H39F3N4O2S/c1-5-22-8-7-9-23(6-2)32(22)43-31(16-21(3)4)28(34(44)42-18-26-14-15-27(19-42)40-26)17-29(35(43)45)33-41-30(20-46-33)24-10-12-25(13-11-24)36(37,38)39/h7-13,17,20-21,26-27,40H,5-6,14-16,18-19H2,1-4H3/t26-,27+. The number of aromatic nitrogens is 2. The number of aryl methyl sites for hydroxylation is 2. The number of benzene rings is 2. The Hall–Kier alpha value is -3.76. The van der Waals surface area contributed by atoms with Crippen molar-refractivity contribution in [2.75, 3.05) is 13.1 Å². The highest BCUT2D eigenvalue weighted by Gasteiger charge is 2.36. The maximum Gasteiger partial charge on any atom is 0.416 e. The fraction of sp³-hybridized carbons (Fsp3) is 0.417. The average molecular weight is 649 g/mol. The van der Waals surface area contributed by atoms with Crippen LogP contribution in [-0.2, 0) is 25.4 Å². The van der Waals surface area contributed by atoms with Gasteiger partial charge in [-0.2, -0.15) is 13.2 Å². The quantitative estimate of drug-likeness (QED) is 0.214. The molecule has 2 fully saturated rings. The largest absolute Gasteiger partial charge is 0.416 e. The lowest BCUT2D eigenvalue weighted by molar-refractivity contribution is -0.137. The molecule has 46 heavy (non-hydrogen) atoms. The summed E-state index contributed by atoms with van der Waals surface area (Å²) in [7, 11) is 0. The van der Waals surface area contributed by atoms with Crippen LogP contribution in [-0.4, -0.2) is 45.5 Å². The number of likely N-dealkylation sites (tertiary alicyclic amines) is 1. The highest BCUT2D eigenvalue weighted by molar-refractivity contribution is 7.13. The van der Waals surface area contributed by atoms with E-state index >= 15 is 0 Å². The second kappa shape index (κ2) is 12.8. The minimum atomic E-state index is -4.44. The van der Waals surface area contributed by atoms with Crippen LogP contribution >= 0.6 is 11.3 Å². The molecule has 1 N–H and O–H groups in total. The number of piperazine rings is 1. The van der Waals surface area contributed by atoms with E-state index in [4.69, 9.17) is 4.98 Å². The van der Waals surface area contributed by atoms with Crippen molar-refractivity contribution in [1.82, 2.24) is 19.8 Å². The third-order valence-electron chi connectivity index (χ3n) is 9.07. The van der Waals surface area contributed by atoms with Gasteiger partial charge in [0.2, 0.25) is 0 Å². The summed E-state index contributed by atoms with van der Waals surface area (Å²) in [5, 5.41) is 5.77. The van der Waals surface area contributed by atoms with Gasteiger partial charge in [0, 0.05) is 41.8 Å². The summed E-state index contributed by atoms with van der Waals surface area (Å²) in [6.07, 6.45) is -0.415. The van der Waals surface area contributed by atoms with Crippen molar-refractivity contribution >= 4 is 17.2 Å². The first kappa shape index (κ1) is 32.2. The van der Waals surface area contributed by atoms with Gasteiger partial charge in [-0.1, -0.05) is 58.0 Å². The number of thiazole rings is 1. The van der Waals surface area contributed by atoms with Gasteiger partial charge < -0.3 is 10.2 Å². The van der Waals surface area contributed by atoms with E-state index < -0.39 is 11.7 Å². The molecule has 0 spiro atoms. The first-order chi connectivity index (χ1) is 22.0. The molecule has 0 unspecified atom stereocenters. The second-order valence-electron chi connectivity index (χ2n) is 12.7. The van der Waals surface area contributed by atoms with E-state index in [1.165, 1.54) is 23.5 Å². The van der Waals surface area contributed by atoms with Crippen LogP contribution in [0.2, 0.25) is 0 Å². The van der Waals surface area contributed by atoms with E-state index in [9.17, 15) is 22.8 Å². The van der Waals surface area contributed by atoms with Crippen LogP contribution in [0.25, 0.3) is 27.5 Å². The topological polar surface area (TPSA) is 67.2 Å². The van der Waals surface area contributed by atoms with Gasteiger partial charge in [0.1, 0.15) is 5.01 Å². The van der Waals surface area contributed by atoms with E-state index in [1.54, 1.807) is 16.0 Å². The molecule has 4 heterocycles. The molecule has 0 aliphatic carbocycles. The number of fused-ring (bicyclic) bond motifs is 2. The van der Waals surface area contributed by atoms with E-state index in [2.05, 4.69) is 33.0 Å². The molecule has 0 radical (unpaired) electrons. The monoisotopic (exact) mass is 648 g/mol. The lowest BCUT2D eigenvalue weighted by atomic mass is 9.96. The SMILES string of the molecule is CCc1cccc(CC)c1-n1c(CC(C)C)c(C(=O)N2C[C@H]3CC[C@@H](C2)N3)cc(-c2nc(-c3ccc(C(F)(F)F)cc3)cs2)c1=O. The summed E-state index contributed by atoms with van der Waals surface area (Å²) in [4.78, 5) is 35.9. The normalized spacial score (nSPS) is 18.0. The zero-order valence-corrected chi connectivity index (χ0v) is 27.4. The maximum atomic E-state index is 14.7. The van der Waals surface area contributed by atoms with Gasteiger partial charge in [0.15, 0.2) is 0 Å². The van der Waals surface area contributed by atoms with Crippen LogP contribution in [0, 0.1) is 5.92 Å². The van der Waals surface area contributed by atoms with Crippen molar-refractivity contribution in [1.29, 1.82) is 0 Å². The molecule has 2 aromatic carbocycles. The molecule has 2 aliphatic heterocycles. The molecule has 242 valence electrons. The number of halogens is 3. The number of amides is 1. The molecule has 2 bridgehead atoms. The number of nitrogens with one attached hydrogen (secondary N) is 1. The van der Waals surface area contributed by atoms with E-state index in [1.807, 2.05) is 23.1 Å². The Kier molecular flexibility index (Phi) is 8.95. The summed E-state index contributed by atoms with van der Waals surface area (Å²) < 4.78 is 41.3. The van der Waals surface area contributed by atoms with Gasteiger partial charge in [-0.25, -0.2) is 4.98 Å². The molecule has 10 heteroatoms. The highest BCUT2D eigenvalue weighted by Crippen LogP contribution is 2.34. The third-order valence-corrected chi connectivity index (χ3v) is 9.95. The molecule has 2 saturated heterocycles.